The lowest BCUT2D eigenvalue weighted by atomic mass is 10.2. The zero-order valence-corrected chi connectivity index (χ0v) is 11.9. The zero-order chi connectivity index (χ0) is 15.0. The van der Waals surface area contributed by atoms with Gasteiger partial charge in [-0.05, 0) is 19.0 Å². The number of hydrogen-bond donors (Lipinski definition) is 1. The Bertz CT molecular complexity index is 502. The summed E-state index contributed by atoms with van der Waals surface area (Å²) in [4.78, 5) is 10.2. The number of nitrogens with zero attached hydrogens (tertiary/aromatic N) is 2. The summed E-state index contributed by atoms with van der Waals surface area (Å²) in [6.07, 6.45) is 1.42. The zero-order valence-electron chi connectivity index (χ0n) is 11.1. The van der Waals surface area contributed by atoms with Crippen LogP contribution in [0.15, 0.2) is 18.2 Å². The number of rotatable bonds is 8. The molecule has 0 aromatic heterocycles. The van der Waals surface area contributed by atoms with Gasteiger partial charge in [-0.15, -0.1) is 0 Å². The molecule has 1 aromatic rings. The fraction of sp³-hybridized carbons (Fsp3) is 0.462. The first-order valence-electron chi connectivity index (χ1n) is 6.28. The number of nitro benzene ring substituents is 1. The molecule has 1 N–H and O–H groups in total. The number of hydrogen-bond acceptors (Lipinski definition) is 5. The second-order valence-electron chi connectivity index (χ2n) is 4.14. The molecule has 20 heavy (non-hydrogen) atoms. The van der Waals surface area contributed by atoms with Crippen molar-refractivity contribution in [2.45, 2.75) is 25.8 Å². The fourth-order valence-corrected chi connectivity index (χ4v) is 1.71. The van der Waals surface area contributed by atoms with Gasteiger partial charge in [-0.2, -0.15) is 5.26 Å². The van der Waals surface area contributed by atoms with E-state index in [1.54, 1.807) is 0 Å². The SMILES string of the molecule is CCCNC(C#N)CCOc1cc([N+](=O)[O-])ccc1Cl. The second-order valence-corrected chi connectivity index (χ2v) is 4.55. The Kier molecular flexibility index (Phi) is 6.77. The van der Waals surface area contributed by atoms with Crippen LogP contribution in [0.4, 0.5) is 5.69 Å². The van der Waals surface area contributed by atoms with Crippen molar-refractivity contribution in [2.75, 3.05) is 13.2 Å². The quantitative estimate of drug-likeness (QED) is 0.588. The molecule has 7 heteroatoms. The first-order chi connectivity index (χ1) is 9.58. The average Bonchev–Trinajstić information content (AvgIpc) is 2.44. The summed E-state index contributed by atoms with van der Waals surface area (Å²) in [7, 11) is 0. The van der Waals surface area contributed by atoms with E-state index >= 15 is 0 Å². The van der Waals surface area contributed by atoms with E-state index in [0.29, 0.717) is 11.4 Å². The molecule has 0 aliphatic carbocycles. The minimum atomic E-state index is -0.510. The Hall–Kier alpha value is -1.84. The van der Waals surface area contributed by atoms with Crippen LogP contribution in [-0.2, 0) is 0 Å². The van der Waals surface area contributed by atoms with Crippen LogP contribution in [0.1, 0.15) is 19.8 Å². The van der Waals surface area contributed by atoms with E-state index in [1.807, 2.05) is 6.92 Å². The lowest BCUT2D eigenvalue weighted by Crippen LogP contribution is -2.29. The highest BCUT2D eigenvalue weighted by molar-refractivity contribution is 6.32. The molecule has 1 rings (SSSR count). The number of nitrogens with one attached hydrogen (secondary N) is 1. The summed E-state index contributed by atoms with van der Waals surface area (Å²) in [5, 5.41) is 23.0. The summed E-state index contributed by atoms with van der Waals surface area (Å²) in [5.74, 6) is 0.257. The molecule has 0 fully saturated rings. The van der Waals surface area contributed by atoms with Crippen molar-refractivity contribution in [3.8, 4) is 11.8 Å². The van der Waals surface area contributed by atoms with Crippen LogP contribution in [0.2, 0.25) is 5.02 Å². The standard InChI is InChI=1S/C13H16ClN3O3/c1-2-6-16-10(9-15)5-7-20-13-8-11(17(18)19)3-4-12(13)14/h3-4,8,10,16H,2,5-7H2,1H3. The van der Waals surface area contributed by atoms with Gasteiger partial charge in [-0.1, -0.05) is 18.5 Å². The molecular formula is C13H16ClN3O3. The smallest absolute Gasteiger partial charge is 0.273 e. The van der Waals surface area contributed by atoms with Crippen LogP contribution in [0.25, 0.3) is 0 Å². The molecule has 0 saturated carbocycles. The molecule has 0 saturated heterocycles. The van der Waals surface area contributed by atoms with Crippen LogP contribution in [0.5, 0.6) is 5.75 Å². The largest absolute Gasteiger partial charge is 0.492 e. The number of nitriles is 1. The maximum atomic E-state index is 10.7. The number of nitro groups is 1. The van der Waals surface area contributed by atoms with Gasteiger partial charge in [-0.3, -0.25) is 10.1 Å². The number of non-ortho nitro benzene ring substituents is 1. The second kappa shape index (κ2) is 8.35. The van der Waals surface area contributed by atoms with Gasteiger partial charge in [0.25, 0.3) is 5.69 Å². The van der Waals surface area contributed by atoms with Gasteiger partial charge in [0.05, 0.1) is 34.7 Å². The number of benzene rings is 1. The topological polar surface area (TPSA) is 88.2 Å². The minimum Gasteiger partial charge on any atom is -0.492 e. The maximum Gasteiger partial charge on any atom is 0.273 e. The maximum absolute atomic E-state index is 10.7. The highest BCUT2D eigenvalue weighted by Crippen LogP contribution is 2.28. The van der Waals surface area contributed by atoms with Gasteiger partial charge in [-0.25, -0.2) is 0 Å². The van der Waals surface area contributed by atoms with Crippen LogP contribution in [0.3, 0.4) is 0 Å². The van der Waals surface area contributed by atoms with E-state index in [2.05, 4.69) is 11.4 Å². The van der Waals surface area contributed by atoms with E-state index < -0.39 is 4.92 Å². The average molecular weight is 298 g/mol. The van der Waals surface area contributed by atoms with Crippen molar-refractivity contribution >= 4 is 17.3 Å². The molecule has 1 atom stereocenters. The molecule has 0 aliphatic heterocycles. The Balaban J connectivity index is 2.55. The van der Waals surface area contributed by atoms with Crippen LogP contribution in [-0.4, -0.2) is 24.1 Å². The third kappa shape index (κ3) is 5.03. The molecule has 1 aromatic carbocycles. The molecule has 0 bridgehead atoms. The van der Waals surface area contributed by atoms with Gasteiger partial charge in [0.2, 0.25) is 0 Å². The van der Waals surface area contributed by atoms with Crippen LogP contribution in [0, 0.1) is 21.4 Å². The highest BCUT2D eigenvalue weighted by Gasteiger charge is 2.12. The van der Waals surface area contributed by atoms with E-state index in [9.17, 15) is 10.1 Å². The minimum absolute atomic E-state index is 0.0784. The van der Waals surface area contributed by atoms with Crippen LogP contribution >= 0.6 is 11.6 Å². The molecule has 6 nitrogen and oxygen atoms in total. The predicted octanol–water partition coefficient (Wildman–Crippen LogP) is 2.91. The Morgan fingerprint density at radius 1 is 1.60 bits per heavy atom. The predicted molar refractivity (Wildman–Crippen MR) is 75.9 cm³/mol. The first-order valence-corrected chi connectivity index (χ1v) is 6.66. The molecule has 0 spiro atoms. The third-order valence-corrected chi connectivity index (χ3v) is 2.90. The van der Waals surface area contributed by atoms with Crippen molar-refractivity contribution in [2.24, 2.45) is 0 Å². The summed E-state index contributed by atoms with van der Waals surface area (Å²) in [6.45, 7) is 3.03. The monoisotopic (exact) mass is 297 g/mol. The Labute approximate surface area is 122 Å². The van der Waals surface area contributed by atoms with Crippen molar-refractivity contribution in [1.82, 2.24) is 5.32 Å². The van der Waals surface area contributed by atoms with Crippen molar-refractivity contribution in [3.05, 3.63) is 33.3 Å². The van der Waals surface area contributed by atoms with Crippen LogP contribution < -0.4 is 10.1 Å². The summed E-state index contributed by atoms with van der Waals surface area (Å²) >= 11 is 5.91. The van der Waals surface area contributed by atoms with Crippen molar-refractivity contribution in [3.63, 3.8) is 0 Å². The highest BCUT2D eigenvalue weighted by atomic mass is 35.5. The van der Waals surface area contributed by atoms with Crippen molar-refractivity contribution in [1.29, 1.82) is 5.26 Å². The molecular weight excluding hydrogens is 282 g/mol. The van der Waals surface area contributed by atoms with Gasteiger partial charge in [0.1, 0.15) is 5.75 Å². The normalized spacial score (nSPS) is 11.7. The Morgan fingerprint density at radius 2 is 2.35 bits per heavy atom. The molecule has 0 heterocycles. The molecule has 0 aliphatic rings. The van der Waals surface area contributed by atoms with Gasteiger partial charge >= 0.3 is 0 Å². The third-order valence-electron chi connectivity index (χ3n) is 2.59. The summed E-state index contributed by atoms with van der Waals surface area (Å²) in [6, 6.07) is 5.86. The van der Waals surface area contributed by atoms with Crippen molar-refractivity contribution < 1.29 is 9.66 Å². The first kappa shape index (κ1) is 16.2. The van der Waals surface area contributed by atoms with Gasteiger partial charge < -0.3 is 10.1 Å². The van der Waals surface area contributed by atoms with Gasteiger partial charge in [0.15, 0.2) is 0 Å². The van der Waals surface area contributed by atoms with Gasteiger partial charge in [0, 0.05) is 12.5 Å². The lowest BCUT2D eigenvalue weighted by Gasteiger charge is -2.12. The number of halogens is 1. The number of ether oxygens (including phenoxy) is 1. The summed E-state index contributed by atoms with van der Waals surface area (Å²) < 4.78 is 5.41. The lowest BCUT2D eigenvalue weighted by molar-refractivity contribution is -0.384. The van der Waals surface area contributed by atoms with E-state index in [4.69, 9.17) is 21.6 Å². The molecule has 1 unspecified atom stereocenters. The Morgan fingerprint density at radius 3 is 2.95 bits per heavy atom. The van der Waals surface area contributed by atoms with E-state index in [1.165, 1.54) is 18.2 Å². The fourth-order valence-electron chi connectivity index (χ4n) is 1.53. The van der Waals surface area contributed by atoms with E-state index in [-0.39, 0.29) is 24.1 Å². The van der Waals surface area contributed by atoms with E-state index in [0.717, 1.165) is 13.0 Å². The summed E-state index contributed by atoms with van der Waals surface area (Å²) in [5.41, 5.74) is -0.0784. The molecule has 108 valence electrons. The molecule has 0 radical (unpaired) electrons. The molecule has 0 amide bonds.